The van der Waals surface area contributed by atoms with Crippen molar-refractivity contribution < 1.29 is 23.1 Å². The number of carbonyl (C=O) groups is 1. The first kappa shape index (κ1) is 24.9. The summed E-state index contributed by atoms with van der Waals surface area (Å²) in [7, 11) is -4.04. The summed E-state index contributed by atoms with van der Waals surface area (Å²) >= 11 is 0. The molecule has 0 aliphatic carbocycles. The van der Waals surface area contributed by atoms with Gasteiger partial charge in [-0.15, -0.1) is 0 Å². The summed E-state index contributed by atoms with van der Waals surface area (Å²) < 4.78 is 34.0. The highest BCUT2D eigenvalue weighted by atomic mass is 32.2. The lowest BCUT2D eigenvalue weighted by atomic mass is 9.94. The molecule has 0 radical (unpaired) electrons. The molecule has 3 aromatic rings. The lowest BCUT2D eigenvalue weighted by molar-refractivity contribution is -0.137. The molecular formula is C28H31NO5S. The van der Waals surface area contributed by atoms with E-state index in [4.69, 9.17) is 4.74 Å². The van der Waals surface area contributed by atoms with E-state index in [-0.39, 0.29) is 17.0 Å². The smallest absolute Gasteiger partial charge is 0.318 e. The van der Waals surface area contributed by atoms with E-state index in [1.54, 1.807) is 12.1 Å². The molecular weight excluding hydrogens is 462 g/mol. The predicted molar refractivity (Wildman–Crippen MR) is 136 cm³/mol. The van der Waals surface area contributed by atoms with Crippen LogP contribution in [0, 0.1) is 13.8 Å². The number of aliphatic carboxylic acids is 1. The first-order valence-corrected chi connectivity index (χ1v) is 13.1. The van der Waals surface area contributed by atoms with Crippen molar-refractivity contribution in [3.8, 4) is 16.9 Å². The van der Waals surface area contributed by atoms with Crippen molar-refractivity contribution in [2.24, 2.45) is 0 Å². The Kier molecular flexibility index (Phi) is 6.75. The first-order chi connectivity index (χ1) is 16.5. The minimum atomic E-state index is -4.04. The number of sulfonamides is 1. The van der Waals surface area contributed by atoms with Crippen molar-refractivity contribution in [3.05, 3.63) is 82.9 Å². The van der Waals surface area contributed by atoms with Gasteiger partial charge in [-0.05, 0) is 92.1 Å². The average molecular weight is 494 g/mol. The van der Waals surface area contributed by atoms with E-state index in [1.165, 1.54) is 6.07 Å². The number of aryl methyl sites for hydroxylation is 3. The van der Waals surface area contributed by atoms with Gasteiger partial charge in [0.25, 0.3) is 0 Å². The second kappa shape index (κ2) is 9.47. The van der Waals surface area contributed by atoms with Crippen LogP contribution in [0.3, 0.4) is 0 Å². The number of carboxylic acid groups (broad SMARTS) is 1. The van der Waals surface area contributed by atoms with Gasteiger partial charge in [0.05, 0.1) is 4.90 Å². The molecule has 0 saturated heterocycles. The number of nitrogens with zero attached hydrogens (tertiary/aromatic N) is 1. The van der Waals surface area contributed by atoms with Gasteiger partial charge in [0.15, 0.2) is 0 Å². The van der Waals surface area contributed by atoms with Crippen LogP contribution in [-0.4, -0.2) is 35.9 Å². The lowest BCUT2D eigenvalue weighted by Crippen LogP contribution is -2.36. The van der Waals surface area contributed by atoms with Crippen LogP contribution in [0.4, 0.5) is 0 Å². The van der Waals surface area contributed by atoms with Crippen LogP contribution in [0.25, 0.3) is 11.1 Å². The Hall–Kier alpha value is -3.16. The van der Waals surface area contributed by atoms with Gasteiger partial charge in [0.1, 0.15) is 17.9 Å². The SMILES string of the molecule is Cc1ccccc1-c1ccc(CN(CC(=O)O)S(=O)(=O)c2ccc3c(c2)CCC(C)(C)O3)cc1C. The summed E-state index contributed by atoms with van der Waals surface area (Å²) in [5, 5.41) is 9.47. The monoisotopic (exact) mass is 493 g/mol. The molecule has 1 heterocycles. The maximum absolute atomic E-state index is 13.5. The summed E-state index contributed by atoms with van der Waals surface area (Å²) in [5.74, 6) is -0.530. The number of hydrogen-bond donors (Lipinski definition) is 1. The number of hydrogen-bond acceptors (Lipinski definition) is 4. The van der Waals surface area contributed by atoms with Crippen LogP contribution in [0.2, 0.25) is 0 Å². The van der Waals surface area contributed by atoms with Crippen LogP contribution in [-0.2, 0) is 27.8 Å². The molecule has 4 rings (SSSR count). The molecule has 1 N–H and O–H groups in total. The third-order valence-corrected chi connectivity index (χ3v) is 8.24. The molecule has 35 heavy (non-hydrogen) atoms. The summed E-state index contributed by atoms with van der Waals surface area (Å²) in [5.41, 5.74) is 5.58. The molecule has 6 nitrogen and oxygen atoms in total. The standard InChI is InChI=1S/C28H31NO5S/c1-19-7-5-6-8-24(19)25-11-9-21(15-20(25)2)17-29(18-27(30)31)35(32,33)23-10-12-26-22(16-23)13-14-28(3,4)34-26/h5-12,15-16H,13-14,17-18H2,1-4H3,(H,30,31). The van der Waals surface area contributed by atoms with Gasteiger partial charge in [-0.2, -0.15) is 4.31 Å². The number of fused-ring (bicyclic) bond motifs is 1. The Labute approximate surface area is 207 Å². The summed E-state index contributed by atoms with van der Waals surface area (Å²) in [6.07, 6.45) is 1.47. The third kappa shape index (κ3) is 5.41. The zero-order valence-electron chi connectivity index (χ0n) is 20.5. The van der Waals surface area contributed by atoms with E-state index >= 15 is 0 Å². The van der Waals surface area contributed by atoms with Gasteiger partial charge in [0, 0.05) is 6.54 Å². The van der Waals surface area contributed by atoms with Crippen molar-refractivity contribution in [3.63, 3.8) is 0 Å². The number of carboxylic acids is 1. The molecule has 1 aliphatic rings. The third-order valence-electron chi connectivity index (χ3n) is 6.45. The van der Waals surface area contributed by atoms with Crippen LogP contribution in [0.1, 0.15) is 42.5 Å². The summed E-state index contributed by atoms with van der Waals surface area (Å²) in [6.45, 7) is 7.37. The second-order valence-corrected chi connectivity index (χ2v) is 11.7. The summed E-state index contributed by atoms with van der Waals surface area (Å²) in [6, 6.07) is 18.6. The van der Waals surface area contributed by atoms with Crippen molar-refractivity contribution in [1.82, 2.24) is 4.31 Å². The minimum Gasteiger partial charge on any atom is -0.488 e. The number of benzene rings is 3. The van der Waals surface area contributed by atoms with Crippen LogP contribution in [0.15, 0.2) is 65.6 Å². The fourth-order valence-corrected chi connectivity index (χ4v) is 5.96. The Morgan fingerprint density at radius 1 is 1.00 bits per heavy atom. The van der Waals surface area contributed by atoms with Gasteiger partial charge in [-0.1, -0.05) is 42.5 Å². The zero-order valence-corrected chi connectivity index (χ0v) is 21.4. The Morgan fingerprint density at radius 3 is 2.40 bits per heavy atom. The highest BCUT2D eigenvalue weighted by Crippen LogP contribution is 2.35. The topological polar surface area (TPSA) is 83.9 Å². The van der Waals surface area contributed by atoms with E-state index in [0.717, 1.165) is 44.1 Å². The van der Waals surface area contributed by atoms with E-state index in [9.17, 15) is 18.3 Å². The van der Waals surface area contributed by atoms with Crippen molar-refractivity contribution in [1.29, 1.82) is 0 Å². The van der Waals surface area contributed by atoms with Crippen molar-refractivity contribution in [2.45, 2.75) is 57.6 Å². The van der Waals surface area contributed by atoms with Crippen LogP contribution < -0.4 is 4.74 Å². The maximum atomic E-state index is 13.5. The molecule has 0 saturated carbocycles. The van der Waals surface area contributed by atoms with Crippen LogP contribution in [0.5, 0.6) is 5.75 Å². The highest BCUT2D eigenvalue weighted by molar-refractivity contribution is 7.89. The van der Waals surface area contributed by atoms with Gasteiger partial charge in [0.2, 0.25) is 10.0 Å². The van der Waals surface area contributed by atoms with Gasteiger partial charge >= 0.3 is 5.97 Å². The van der Waals surface area contributed by atoms with E-state index in [1.807, 2.05) is 51.1 Å². The molecule has 184 valence electrons. The van der Waals surface area contributed by atoms with Crippen molar-refractivity contribution >= 4 is 16.0 Å². The molecule has 0 amide bonds. The molecule has 7 heteroatoms. The zero-order chi connectivity index (χ0) is 25.4. The molecule has 0 aromatic heterocycles. The molecule has 0 fully saturated rings. The molecule has 3 aromatic carbocycles. The van der Waals surface area contributed by atoms with E-state index < -0.39 is 22.5 Å². The first-order valence-electron chi connectivity index (χ1n) is 11.7. The fraction of sp³-hybridized carbons (Fsp3) is 0.321. The quantitative estimate of drug-likeness (QED) is 0.480. The van der Waals surface area contributed by atoms with E-state index in [0.29, 0.717) is 12.2 Å². The van der Waals surface area contributed by atoms with Gasteiger partial charge in [-0.3, -0.25) is 4.79 Å². The highest BCUT2D eigenvalue weighted by Gasteiger charge is 2.31. The number of ether oxygens (including phenoxy) is 1. The molecule has 1 aliphatic heterocycles. The molecule has 0 bridgehead atoms. The minimum absolute atomic E-state index is 0.0376. The Bertz CT molecular complexity index is 1380. The van der Waals surface area contributed by atoms with Gasteiger partial charge in [-0.25, -0.2) is 8.42 Å². The van der Waals surface area contributed by atoms with E-state index in [2.05, 4.69) is 19.1 Å². The second-order valence-electron chi connectivity index (χ2n) is 9.76. The average Bonchev–Trinajstić information content (AvgIpc) is 2.78. The normalized spacial score (nSPS) is 14.9. The Morgan fingerprint density at radius 2 is 1.71 bits per heavy atom. The molecule has 0 unspecified atom stereocenters. The number of rotatable bonds is 7. The largest absolute Gasteiger partial charge is 0.488 e. The molecule has 0 spiro atoms. The fourth-order valence-electron chi connectivity index (χ4n) is 4.53. The molecule has 0 atom stereocenters. The van der Waals surface area contributed by atoms with Gasteiger partial charge < -0.3 is 9.84 Å². The summed E-state index contributed by atoms with van der Waals surface area (Å²) in [4.78, 5) is 11.7. The van der Waals surface area contributed by atoms with Crippen LogP contribution >= 0.6 is 0 Å². The van der Waals surface area contributed by atoms with Crippen molar-refractivity contribution in [2.75, 3.05) is 6.54 Å². The predicted octanol–water partition coefficient (Wildman–Crippen LogP) is 5.35. The maximum Gasteiger partial charge on any atom is 0.318 e. The Balaban J connectivity index is 1.64. The lowest BCUT2D eigenvalue weighted by Gasteiger charge is -2.33.